The number of sulfonamides is 1. The first-order chi connectivity index (χ1) is 27.5. The molecule has 57 heavy (non-hydrogen) atoms. The number of allylic oxidation sites excluding steroid dienone is 1. The molecule has 15 nitrogen and oxygen atoms in total. The Balaban J connectivity index is 1.08. The van der Waals surface area contributed by atoms with Gasteiger partial charge in [-0.1, -0.05) is 43.2 Å². The maximum Gasteiger partial charge on any atom is 0.408 e. The minimum absolute atomic E-state index is 0.0254. The van der Waals surface area contributed by atoms with Crippen LogP contribution in [-0.2, 0) is 33.9 Å². The minimum Gasteiger partial charge on any atom is -0.471 e. The largest absolute Gasteiger partial charge is 0.471 e. The van der Waals surface area contributed by atoms with Crippen LogP contribution in [0.4, 0.5) is 4.79 Å². The van der Waals surface area contributed by atoms with E-state index in [2.05, 4.69) is 15.4 Å². The second-order valence-electron chi connectivity index (χ2n) is 15.9. The van der Waals surface area contributed by atoms with Gasteiger partial charge in [0.1, 0.15) is 35.5 Å². The van der Waals surface area contributed by atoms with Crippen LogP contribution in [0.5, 0.6) is 5.88 Å². The third-order valence-corrected chi connectivity index (χ3v) is 14.3. The fourth-order valence-electron chi connectivity index (χ4n) is 8.12. The smallest absolute Gasteiger partial charge is 0.408 e. The molecule has 4 heterocycles. The van der Waals surface area contributed by atoms with Gasteiger partial charge in [-0.15, -0.1) is 11.3 Å². The number of benzene rings is 1. The number of hydrogen-bond acceptors (Lipinski definition) is 12. The second-order valence-corrected chi connectivity index (χ2v) is 18.8. The molecule has 2 aromatic heterocycles. The molecule has 1 unspecified atom stereocenters. The van der Waals surface area contributed by atoms with Crippen molar-refractivity contribution in [1.82, 2.24) is 30.2 Å². The molecule has 5 aliphatic rings. The van der Waals surface area contributed by atoms with Gasteiger partial charge in [0.25, 0.3) is 5.91 Å². The fraction of sp³-hybridized carbons (Fsp3) is 0.550. The highest BCUT2D eigenvalue weighted by atomic mass is 32.2. The number of methoxy groups -OCH3 is 1. The maximum atomic E-state index is 14.7. The lowest BCUT2D eigenvalue weighted by Gasteiger charge is -2.34. The Labute approximate surface area is 335 Å². The topological polar surface area (TPSA) is 195 Å². The van der Waals surface area contributed by atoms with E-state index in [1.807, 2.05) is 53.9 Å². The molecule has 0 spiro atoms. The summed E-state index contributed by atoms with van der Waals surface area (Å²) in [5, 5.41) is 7.00. The standard InChI is InChI=1S/C40H48N6O9S2/c1-53-23-24-18-26(19-24)55-39(50)43-31-13-6-4-2-3-5-10-25-21-40(25,38(49)45-57(51,52)28-15-16-28)44-35(47)32-20-27(22-46(32)37(31)48)54-36-34(33-14-9-17-56-33)41-29-11-7-8-12-30(29)42-36/h5,7-12,14,17,24-28,31-32H,2-4,6,13,15-16,18-23H2,1H3,(H,43,50)(H,44,47)(H,45,49)/b10-5-/t24?,25?,26?,27-,31-,32+,40-/m1/s1. The van der Waals surface area contributed by atoms with Gasteiger partial charge in [0.05, 0.1) is 27.7 Å². The monoisotopic (exact) mass is 820 g/mol. The molecule has 4 amide bonds. The molecule has 5 atom stereocenters. The first kappa shape index (κ1) is 39.2. The predicted molar refractivity (Wildman–Crippen MR) is 210 cm³/mol. The van der Waals surface area contributed by atoms with Gasteiger partial charge in [0.2, 0.25) is 27.7 Å². The molecule has 8 rings (SSSR count). The third-order valence-electron chi connectivity index (χ3n) is 11.6. The van der Waals surface area contributed by atoms with Crippen molar-refractivity contribution in [3.8, 4) is 16.5 Å². The van der Waals surface area contributed by atoms with Crippen molar-refractivity contribution < 1.29 is 41.8 Å². The van der Waals surface area contributed by atoms with E-state index in [1.54, 1.807) is 7.11 Å². The lowest BCUT2D eigenvalue weighted by atomic mass is 9.83. The maximum absolute atomic E-state index is 14.7. The van der Waals surface area contributed by atoms with Crippen molar-refractivity contribution in [2.45, 2.75) is 106 Å². The first-order valence-electron chi connectivity index (χ1n) is 19.8. The van der Waals surface area contributed by atoms with Crippen LogP contribution in [0, 0.1) is 11.8 Å². The number of ether oxygens (including phenoxy) is 3. The molecule has 3 saturated carbocycles. The van der Waals surface area contributed by atoms with Crippen molar-refractivity contribution in [2.24, 2.45) is 11.8 Å². The molecule has 0 radical (unpaired) electrons. The van der Waals surface area contributed by atoms with E-state index in [0.29, 0.717) is 74.2 Å². The van der Waals surface area contributed by atoms with Crippen LogP contribution >= 0.6 is 11.3 Å². The van der Waals surface area contributed by atoms with E-state index >= 15 is 0 Å². The van der Waals surface area contributed by atoms with Crippen molar-refractivity contribution in [3.63, 3.8) is 0 Å². The van der Waals surface area contributed by atoms with Crippen LogP contribution in [-0.4, -0.2) is 102 Å². The molecule has 3 N–H and O–H groups in total. The van der Waals surface area contributed by atoms with E-state index in [1.165, 1.54) is 16.2 Å². The molecule has 304 valence electrons. The Morgan fingerprint density at radius 1 is 1.00 bits per heavy atom. The quantitative estimate of drug-likeness (QED) is 0.248. The van der Waals surface area contributed by atoms with E-state index in [-0.39, 0.29) is 31.4 Å². The van der Waals surface area contributed by atoms with Crippen LogP contribution in [0.25, 0.3) is 21.6 Å². The van der Waals surface area contributed by atoms with E-state index in [9.17, 15) is 27.6 Å². The van der Waals surface area contributed by atoms with Crippen LogP contribution in [0.1, 0.15) is 70.6 Å². The zero-order valence-electron chi connectivity index (χ0n) is 31.8. The molecule has 1 aromatic carbocycles. The normalized spacial score (nSPS) is 29.7. The summed E-state index contributed by atoms with van der Waals surface area (Å²) in [4.78, 5) is 68.1. The van der Waals surface area contributed by atoms with Gasteiger partial charge in [-0.05, 0) is 80.9 Å². The van der Waals surface area contributed by atoms with Crippen molar-refractivity contribution in [1.29, 1.82) is 0 Å². The lowest BCUT2D eigenvalue weighted by Crippen LogP contribution is -2.58. The average Bonchev–Trinajstić information content (AvgIpc) is 4.04. The molecule has 2 aliphatic heterocycles. The zero-order chi connectivity index (χ0) is 39.7. The Morgan fingerprint density at radius 3 is 2.53 bits per heavy atom. The van der Waals surface area contributed by atoms with E-state index in [0.717, 1.165) is 17.7 Å². The second kappa shape index (κ2) is 16.3. The van der Waals surface area contributed by atoms with Crippen LogP contribution in [0.2, 0.25) is 0 Å². The zero-order valence-corrected chi connectivity index (χ0v) is 33.4. The molecule has 3 aliphatic carbocycles. The Hall–Kier alpha value is -4.61. The molecular formula is C40H48N6O9S2. The number of carbonyl (C=O) groups is 4. The summed E-state index contributed by atoms with van der Waals surface area (Å²) in [7, 11) is -2.27. The van der Waals surface area contributed by atoms with Gasteiger partial charge in [-0.2, -0.15) is 0 Å². The fourth-order valence-corrected chi connectivity index (χ4v) is 10.2. The summed E-state index contributed by atoms with van der Waals surface area (Å²) in [6.45, 7) is 0.557. The number of carbonyl (C=O) groups excluding carboxylic acids is 4. The number of fused-ring (bicyclic) bond motifs is 3. The molecular weight excluding hydrogens is 773 g/mol. The summed E-state index contributed by atoms with van der Waals surface area (Å²) in [6, 6.07) is 9.11. The average molecular weight is 821 g/mol. The van der Waals surface area contributed by atoms with Gasteiger partial charge in [-0.3, -0.25) is 19.1 Å². The third kappa shape index (κ3) is 8.65. The molecule has 1 saturated heterocycles. The first-order valence-corrected chi connectivity index (χ1v) is 22.2. The number of nitrogens with one attached hydrogen (secondary N) is 3. The number of rotatable bonds is 10. The van der Waals surface area contributed by atoms with Crippen LogP contribution < -0.4 is 20.1 Å². The van der Waals surface area contributed by atoms with E-state index in [4.69, 9.17) is 24.2 Å². The highest BCUT2D eigenvalue weighted by Gasteiger charge is 2.62. The van der Waals surface area contributed by atoms with Crippen LogP contribution in [0.15, 0.2) is 53.9 Å². The van der Waals surface area contributed by atoms with Crippen LogP contribution in [0.3, 0.4) is 0 Å². The highest BCUT2D eigenvalue weighted by molar-refractivity contribution is 7.91. The highest BCUT2D eigenvalue weighted by Crippen LogP contribution is 2.46. The van der Waals surface area contributed by atoms with Gasteiger partial charge >= 0.3 is 6.09 Å². The minimum atomic E-state index is -3.90. The number of thiophene rings is 1. The number of alkyl carbamates (subject to hydrolysis) is 1. The summed E-state index contributed by atoms with van der Waals surface area (Å²) < 4.78 is 45.5. The SMILES string of the molecule is COCC1CC(OC(=O)N[C@@H]2CCCCC/C=C\C3C[C@@]3(C(=O)NS(=O)(=O)C3CC3)NC(=O)[C@@H]3C[C@@H](Oc4nc5ccccc5nc4-c4cccs4)CN3C2=O)C1. The molecule has 0 bridgehead atoms. The Bertz CT molecular complexity index is 2140. The predicted octanol–water partition coefficient (Wildman–Crippen LogP) is 4.23. The number of para-hydroxylation sites is 2. The Kier molecular flexibility index (Phi) is 11.2. The van der Waals surface area contributed by atoms with Crippen molar-refractivity contribution >= 4 is 56.2 Å². The lowest BCUT2D eigenvalue weighted by molar-refractivity contribution is -0.141. The van der Waals surface area contributed by atoms with Crippen molar-refractivity contribution in [3.05, 3.63) is 53.9 Å². The summed E-state index contributed by atoms with van der Waals surface area (Å²) >= 11 is 1.48. The summed E-state index contributed by atoms with van der Waals surface area (Å²) in [5.74, 6) is -1.77. The van der Waals surface area contributed by atoms with Gasteiger partial charge in [0.15, 0.2) is 0 Å². The summed E-state index contributed by atoms with van der Waals surface area (Å²) in [5.41, 5.74) is 0.304. The molecule has 3 aromatic rings. The number of hydrogen-bond donors (Lipinski definition) is 3. The van der Waals surface area contributed by atoms with Gasteiger partial charge < -0.3 is 29.7 Å². The Morgan fingerprint density at radius 2 is 1.79 bits per heavy atom. The summed E-state index contributed by atoms with van der Waals surface area (Å²) in [6.07, 6.45) is 7.83. The number of amides is 4. The molecule has 4 fully saturated rings. The number of nitrogens with zero attached hydrogens (tertiary/aromatic N) is 3. The van der Waals surface area contributed by atoms with E-state index < -0.39 is 68.7 Å². The molecule has 17 heteroatoms. The number of aromatic nitrogens is 2. The van der Waals surface area contributed by atoms with Gasteiger partial charge in [-0.25, -0.2) is 23.2 Å². The van der Waals surface area contributed by atoms with Gasteiger partial charge in [0, 0.05) is 26.1 Å². The van der Waals surface area contributed by atoms with Crippen molar-refractivity contribution in [2.75, 3.05) is 20.3 Å².